The molecule has 4 rings (SSSR count). The quantitative estimate of drug-likeness (QED) is 0.199. The van der Waals surface area contributed by atoms with E-state index in [-0.39, 0.29) is 5.70 Å². The molecule has 1 fully saturated rings. The topological polar surface area (TPSA) is 97.0 Å². The summed E-state index contributed by atoms with van der Waals surface area (Å²) in [7, 11) is 1.52. The van der Waals surface area contributed by atoms with E-state index in [1.165, 1.54) is 13.2 Å². The third-order valence-electron chi connectivity index (χ3n) is 5.95. The van der Waals surface area contributed by atoms with Crippen LogP contribution in [-0.4, -0.2) is 36.4 Å². The Morgan fingerprint density at radius 3 is 2.49 bits per heavy atom. The lowest BCUT2D eigenvalue weighted by molar-refractivity contribution is -0.127. The van der Waals surface area contributed by atoms with Crippen LogP contribution in [0.5, 0.6) is 11.5 Å². The van der Waals surface area contributed by atoms with Gasteiger partial charge in [0.2, 0.25) is 5.91 Å². The molecule has 9 heteroatoms. The SMILES string of the molecule is C=CCc1cc(/C=C2/NC(=O)N(CC(=O)Nc3ccc(C)cc3)C2=O)cc(OC)c1OCc1ccc(Cl)cc1. The summed E-state index contributed by atoms with van der Waals surface area (Å²) < 4.78 is 11.7. The number of methoxy groups -OCH3 is 1. The van der Waals surface area contributed by atoms with Crippen LogP contribution < -0.4 is 20.1 Å². The van der Waals surface area contributed by atoms with Gasteiger partial charge >= 0.3 is 6.03 Å². The van der Waals surface area contributed by atoms with E-state index in [1.54, 1.807) is 36.4 Å². The Kier molecular flexibility index (Phi) is 8.68. The number of urea groups is 1. The highest BCUT2D eigenvalue weighted by Crippen LogP contribution is 2.35. The van der Waals surface area contributed by atoms with Crippen molar-refractivity contribution in [3.63, 3.8) is 0 Å². The number of anilines is 1. The number of imide groups is 1. The number of nitrogens with zero attached hydrogens (tertiary/aromatic N) is 1. The molecule has 0 aliphatic carbocycles. The average Bonchev–Trinajstić information content (AvgIpc) is 3.17. The summed E-state index contributed by atoms with van der Waals surface area (Å²) in [6, 6.07) is 17.4. The number of aryl methyl sites for hydroxylation is 1. The van der Waals surface area contributed by atoms with E-state index in [0.29, 0.717) is 40.8 Å². The van der Waals surface area contributed by atoms with Crippen LogP contribution in [0, 0.1) is 6.92 Å². The summed E-state index contributed by atoms with van der Waals surface area (Å²) in [5.74, 6) is -0.0842. The van der Waals surface area contributed by atoms with Gasteiger partial charge in [-0.15, -0.1) is 6.58 Å². The van der Waals surface area contributed by atoms with Crippen LogP contribution >= 0.6 is 11.6 Å². The normalized spacial score (nSPS) is 13.8. The van der Waals surface area contributed by atoms with Crippen molar-refractivity contribution in [3.8, 4) is 11.5 Å². The van der Waals surface area contributed by atoms with E-state index >= 15 is 0 Å². The van der Waals surface area contributed by atoms with Crippen molar-refractivity contribution in [2.24, 2.45) is 0 Å². The molecule has 200 valence electrons. The fraction of sp³-hybridized carbons (Fsp3) is 0.167. The fourth-order valence-corrected chi connectivity index (χ4v) is 4.11. The van der Waals surface area contributed by atoms with Crippen LogP contribution in [0.1, 0.15) is 22.3 Å². The van der Waals surface area contributed by atoms with Gasteiger partial charge in [-0.1, -0.05) is 47.5 Å². The zero-order valence-electron chi connectivity index (χ0n) is 21.6. The van der Waals surface area contributed by atoms with Crippen molar-refractivity contribution in [1.29, 1.82) is 0 Å². The molecular weight excluding hydrogens is 518 g/mol. The Hall–Kier alpha value is -4.56. The maximum atomic E-state index is 13.0. The summed E-state index contributed by atoms with van der Waals surface area (Å²) in [4.78, 5) is 38.8. The smallest absolute Gasteiger partial charge is 0.329 e. The second kappa shape index (κ2) is 12.3. The average molecular weight is 546 g/mol. The third kappa shape index (κ3) is 6.86. The molecule has 0 atom stereocenters. The molecule has 1 saturated heterocycles. The van der Waals surface area contributed by atoms with E-state index in [1.807, 2.05) is 37.3 Å². The molecule has 1 aliphatic heterocycles. The third-order valence-corrected chi connectivity index (χ3v) is 6.20. The van der Waals surface area contributed by atoms with E-state index < -0.39 is 24.4 Å². The molecule has 0 aromatic heterocycles. The molecule has 0 spiro atoms. The van der Waals surface area contributed by atoms with Gasteiger partial charge in [0.25, 0.3) is 5.91 Å². The van der Waals surface area contributed by atoms with Gasteiger partial charge in [0.05, 0.1) is 7.11 Å². The Bertz CT molecular complexity index is 1430. The van der Waals surface area contributed by atoms with Crippen molar-refractivity contribution < 1.29 is 23.9 Å². The molecule has 4 amide bonds. The zero-order chi connectivity index (χ0) is 27.9. The van der Waals surface area contributed by atoms with Crippen LogP contribution in [0.3, 0.4) is 0 Å². The second-order valence-electron chi connectivity index (χ2n) is 8.91. The molecule has 0 saturated carbocycles. The standard InChI is InChI=1S/C30H28ClN3O5/c1-4-5-22-14-21(16-26(38-3)28(22)39-18-20-8-10-23(31)11-9-20)15-25-29(36)34(30(37)33-25)17-27(35)32-24-12-6-19(2)7-13-24/h4,6-16H,1,5,17-18H2,2-3H3,(H,32,35)(H,33,37)/b25-15+. The van der Waals surface area contributed by atoms with E-state index in [2.05, 4.69) is 17.2 Å². The summed E-state index contributed by atoms with van der Waals surface area (Å²) in [5, 5.41) is 5.88. The van der Waals surface area contributed by atoms with E-state index in [0.717, 1.165) is 21.6 Å². The number of amides is 4. The van der Waals surface area contributed by atoms with Gasteiger partial charge in [-0.2, -0.15) is 0 Å². The zero-order valence-corrected chi connectivity index (χ0v) is 22.4. The largest absolute Gasteiger partial charge is 0.493 e. The highest BCUT2D eigenvalue weighted by atomic mass is 35.5. The highest BCUT2D eigenvalue weighted by molar-refractivity contribution is 6.30. The summed E-state index contributed by atoms with van der Waals surface area (Å²) in [5.41, 5.74) is 4.00. The van der Waals surface area contributed by atoms with E-state index in [4.69, 9.17) is 21.1 Å². The van der Waals surface area contributed by atoms with Gasteiger partial charge in [0.1, 0.15) is 18.8 Å². The molecule has 3 aromatic rings. The number of allylic oxidation sites excluding steroid dienone is 1. The summed E-state index contributed by atoms with van der Waals surface area (Å²) >= 11 is 5.97. The monoisotopic (exact) mass is 545 g/mol. The van der Waals surface area contributed by atoms with Crippen molar-refractivity contribution in [2.45, 2.75) is 20.0 Å². The fourth-order valence-electron chi connectivity index (χ4n) is 3.99. The lowest BCUT2D eigenvalue weighted by Gasteiger charge is -2.16. The number of hydrogen-bond donors (Lipinski definition) is 2. The number of halogens is 1. The predicted octanol–water partition coefficient (Wildman–Crippen LogP) is 5.50. The first kappa shape index (κ1) is 27.5. The second-order valence-corrected chi connectivity index (χ2v) is 9.35. The van der Waals surface area contributed by atoms with Crippen LogP contribution in [-0.2, 0) is 22.6 Å². The lowest BCUT2D eigenvalue weighted by Crippen LogP contribution is -2.38. The number of nitrogens with one attached hydrogen (secondary N) is 2. The van der Waals surface area contributed by atoms with Gasteiger partial charge < -0.3 is 20.1 Å². The minimum atomic E-state index is -0.675. The molecule has 0 unspecified atom stereocenters. The molecular formula is C30H28ClN3O5. The molecule has 0 radical (unpaired) electrons. The van der Waals surface area contributed by atoms with Gasteiger partial charge in [-0.25, -0.2) is 9.69 Å². The molecule has 1 aliphatic rings. The Labute approximate surface area is 231 Å². The summed E-state index contributed by atoms with van der Waals surface area (Å²) in [6.45, 7) is 5.64. The van der Waals surface area contributed by atoms with Crippen LogP contribution in [0.2, 0.25) is 5.02 Å². The predicted molar refractivity (Wildman–Crippen MR) is 151 cm³/mol. The summed E-state index contributed by atoms with van der Waals surface area (Å²) in [6.07, 6.45) is 3.75. The highest BCUT2D eigenvalue weighted by Gasteiger charge is 2.35. The first-order valence-corrected chi connectivity index (χ1v) is 12.5. The van der Waals surface area contributed by atoms with Crippen LogP contribution in [0.15, 0.2) is 79.0 Å². The minimum Gasteiger partial charge on any atom is -0.493 e. The Balaban J connectivity index is 1.51. The molecule has 1 heterocycles. The van der Waals surface area contributed by atoms with Crippen molar-refractivity contribution in [2.75, 3.05) is 19.0 Å². The number of hydrogen-bond acceptors (Lipinski definition) is 5. The van der Waals surface area contributed by atoms with Crippen molar-refractivity contribution in [3.05, 3.63) is 106 Å². The van der Waals surface area contributed by atoms with Crippen molar-refractivity contribution >= 4 is 41.2 Å². The van der Waals surface area contributed by atoms with Gasteiger partial charge in [0.15, 0.2) is 11.5 Å². The maximum Gasteiger partial charge on any atom is 0.329 e. The van der Waals surface area contributed by atoms with Crippen LogP contribution in [0.4, 0.5) is 10.5 Å². The first-order valence-electron chi connectivity index (χ1n) is 12.2. The Morgan fingerprint density at radius 1 is 1.10 bits per heavy atom. The van der Waals surface area contributed by atoms with Crippen LogP contribution in [0.25, 0.3) is 6.08 Å². The number of carbonyl (C=O) groups excluding carboxylic acids is 3. The first-order chi connectivity index (χ1) is 18.8. The van der Waals surface area contributed by atoms with Gasteiger partial charge in [-0.3, -0.25) is 9.59 Å². The molecule has 8 nitrogen and oxygen atoms in total. The number of benzene rings is 3. The Morgan fingerprint density at radius 2 is 1.82 bits per heavy atom. The lowest BCUT2D eigenvalue weighted by atomic mass is 10.0. The number of ether oxygens (including phenoxy) is 2. The number of carbonyl (C=O) groups is 3. The number of rotatable bonds is 10. The minimum absolute atomic E-state index is 0.0459. The van der Waals surface area contributed by atoms with E-state index in [9.17, 15) is 14.4 Å². The molecule has 39 heavy (non-hydrogen) atoms. The molecule has 3 aromatic carbocycles. The van der Waals surface area contributed by atoms with Gasteiger partial charge in [0, 0.05) is 16.3 Å². The van der Waals surface area contributed by atoms with Gasteiger partial charge in [-0.05, 0) is 66.9 Å². The molecule has 2 N–H and O–H groups in total. The maximum absolute atomic E-state index is 13.0. The molecule has 0 bridgehead atoms. The van der Waals surface area contributed by atoms with Crippen molar-refractivity contribution in [1.82, 2.24) is 10.2 Å².